The topological polar surface area (TPSA) is 29.5 Å². The number of fused-ring (bicyclic) bond motifs is 1. The maximum absolute atomic E-state index is 10.0. The molecule has 0 bridgehead atoms. The number of aliphatic hydroxyl groups excluding tert-OH is 1. The van der Waals surface area contributed by atoms with Gasteiger partial charge in [0.2, 0.25) is 0 Å². The summed E-state index contributed by atoms with van der Waals surface area (Å²) in [5.41, 5.74) is 3.29. The van der Waals surface area contributed by atoms with Crippen molar-refractivity contribution < 1.29 is 9.84 Å². The first-order chi connectivity index (χ1) is 9.72. The summed E-state index contributed by atoms with van der Waals surface area (Å²) in [4.78, 5) is 0. The fourth-order valence-corrected chi connectivity index (χ4v) is 2.85. The first kappa shape index (κ1) is 13.5. The van der Waals surface area contributed by atoms with Crippen LogP contribution in [-0.4, -0.2) is 5.11 Å². The van der Waals surface area contributed by atoms with Gasteiger partial charge >= 0.3 is 0 Å². The molecule has 0 saturated carbocycles. The molecule has 0 amide bonds. The van der Waals surface area contributed by atoms with Crippen molar-refractivity contribution in [2.75, 3.05) is 0 Å². The molecule has 1 aliphatic carbocycles. The molecule has 1 N–H and O–H groups in total. The van der Waals surface area contributed by atoms with Gasteiger partial charge in [-0.25, -0.2) is 0 Å². The van der Waals surface area contributed by atoms with Crippen molar-refractivity contribution in [1.82, 2.24) is 0 Å². The minimum absolute atomic E-state index is 0.353. The SMILES string of the molecule is O[C@H]1CCCc2ccc(OCc3cccc(Cl)c3)cc21. The molecule has 3 rings (SSSR count). The lowest BCUT2D eigenvalue weighted by molar-refractivity contribution is 0.156. The molecular weight excluding hydrogens is 272 g/mol. The van der Waals surface area contributed by atoms with E-state index in [1.165, 1.54) is 5.56 Å². The Morgan fingerprint density at radius 3 is 2.95 bits per heavy atom. The summed E-state index contributed by atoms with van der Waals surface area (Å²) in [5.74, 6) is 0.796. The van der Waals surface area contributed by atoms with Crippen LogP contribution < -0.4 is 4.74 Å². The normalized spacial score (nSPS) is 17.6. The molecule has 2 aromatic rings. The van der Waals surface area contributed by atoms with E-state index in [0.29, 0.717) is 11.6 Å². The molecule has 3 heteroatoms. The third kappa shape index (κ3) is 2.97. The predicted octanol–water partition coefficient (Wildman–Crippen LogP) is 4.29. The zero-order valence-corrected chi connectivity index (χ0v) is 11.9. The average molecular weight is 289 g/mol. The lowest BCUT2D eigenvalue weighted by Gasteiger charge is -2.22. The molecule has 2 aromatic carbocycles. The molecule has 0 unspecified atom stereocenters. The van der Waals surface area contributed by atoms with Gasteiger partial charge in [-0.1, -0.05) is 29.8 Å². The monoisotopic (exact) mass is 288 g/mol. The molecule has 1 atom stereocenters. The van der Waals surface area contributed by atoms with Crippen LogP contribution in [0.4, 0.5) is 0 Å². The Morgan fingerprint density at radius 1 is 1.20 bits per heavy atom. The highest BCUT2D eigenvalue weighted by Gasteiger charge is 2.18. The summed E-state index contributed by atoms with van der Waals surface area (Å²) in [7, 11) is 0. The van der Waals surface area contributed by atoms with Gasteiger partial charge in [-0.05, 0) is 60.2 Å². The number of aryl methyl sites for hydroxylation is 1. The second-order valence-corrected chi connectivity index (χ2v) is 5.62. The Labute approximate surface area is 124 Å². The molecule has 0 radical (unpaired) electrons. The largest absolute Gasteiger partial charge is 0.489 e. The van der Waals surface area contributed by atoms with Crippen molar-refractivity contribution >= 4 is 11.6 Å². The molecule has 0 spiro atoms. The fourth-order valence-electron chi connectivity index (χ4n) is 2.64. The highest BCUT2D eigenvalue weighted by molar-refractivity contribution is 6.30. The quantitative estimate of drug-likeness (QED) is 0.913. The van der Waals surface area contributed by atoms with Gasteiger partial charge in [0, 0.05) is 5.02 Å². The lowest BCUT2D eigenvalue weighted by Crippen LogP contribution is -2.09. The van der Waals surface area contributed by atoms with Gasteiger partial charge < -0.3 is 9.84 Å². The van der Waals surface area contributed by atoms with E-state index >= 15 is 0 Å². The van der Waals surface area contributed by atoms with E-state index in [1.54, 1.807) is 0 Å². The molecular formula is C17H17ClO2. The van der Waals surface area contributed by atoms with E-state index in [9.17, 15) is 5.11 Å². The van der Waals surface area contributed by atoms with Crippen LogP contribution >= 0.6 is 11.6 Å². The van der Waals surface area contributed by atoms with Crippen molar-refractivity contribution in [3.8, 4) is 5.75 Å². The number of halogens is 1. The summed E-state index contributed by atoms with van der Waals surface area (Å²) in [6.07, 6.45) is 2.58. The molecule has 0 aliphatic heterocycles. The lowest BCUT2D eigenvalue weighted by atomic mass is 9.89. The standard InChI is InChI=1S/C17H17ClO2/c18-14-5-1-3-12(9-14)11-20-15-8-7-13-4-2-6-17(19)16(13)10-15/h1,3,5,7-10,17,19H,2,4,6,11H2/t17-/m0/s1. The first-order valence-corrected chi connectivity index (χ1v) is 7.28. The Bertz CT molecular complexity index is 610. The Kier molecular flexibility index (Phi) is 3.95. The fraction of sp³-hybridized carbons (Fsp3) is 0.294. The summed E-state index contributed by atoms with van der Waals surface area (Å²) < 4.78 is 5.79. The van der Waals surface area contributed by atoms with E-state index in [0.717, 1.165) is 36.1 Å². The van der Waals surface area contributed by atoms with Gasteiger partial charge in [-0.3, -0.25) is 0 Å². The van der Waals surface area contributed by atoms with Crippen LogP contribution in [0.2, 0.25) is 5.02 Å². The van der Waals surface area contributed by atoms with Gasteiger partial charge in [0.05, 0.1) is 6.10 Å². The van der Waals surface area contributed by atoms with Crippen LogP contribution in [0.5, 0.6) is 5.75 Å². The Morgan fingerprint density at radius 2 is 2.10 bits per heavy atom. The van der Waals surface area contributed by atoms with E-state index in [-0.39, 0.29) is 6.10 Å². The van der Waals surface area contributed by atoms with Crippen LogP contribution in [0.1, 0.15) is 35.6 Å². The van der Waals surface area contributed by atoms with Crippen molar-refractivity contribution in [2.45, 2.75) is 32.0 Å². The van der Waals surface area contributed by atoms with E-state index in [4.69, 9.17) is 16.3 Å². The predicted molar refractivity (Wildman–Crippen MR) is 80.1 cm³/mol. The van der Waals surface area contributed by atoms with E-state index < -0.39 is 0 Å². The van der Waals surface area contributed by atoms with Crippen molar-refractivity contribution in [2.24, 2.45) is 0 Å². The first-order valence-electron chi connectivity index (χ1n) is 6.90. The molecule has 0 fully saturated rings. The summed E-state index contributed by atoms with van der Waals surface area (Å²) >= 11 is 5.95. The van der Waals surface area contributed by atoms with Crippen molar-refractivity contribution in [1.29, 1.82) is 0 Å². The van der Waals surface area contributed by atoms with Gasteiger partial charge in [0.1, 0.15) is 12.4 Å². The summed E-state index contributed by atoms with van der Waals surface area (Å²) in [5, 5.41) is 10.7. The number of rotatable bonds is 3. The van der Waals surface area contributed by atoms with Crippen LogP contribution in [0, 0.1) is 0 Å². The molecule has 2 nitrogen and oxygen atoms in total. The van der Waals surface area contributed by atoms with E-state index in [1.807, 2.05) is 36.4 Å². The second-order valence-electron chi connectivity index (χ2n) is 5.19. The molecule has 0 saturated heterocycles. The summed E-state index contributed by atoms with van der Waals surface area (Å²) in [6.45, 7) is 0.482. The van der Waals surface area contributed by atoms with Gasteiger partial charge in [0.25, 0.3) is 0 Å². The number of hydrogen-bond acceptors (Lipinski definition) is 2. The summed E-state index contributed by atoms with van der Waals surface area (Å²) in [6, 6.07) is 13.6. The van der Waals surface area contributed by atoms with Gasteiger partial charge in [0.15, 0.2) is 0 Å². The zero-order chi connectivity index (χ0) is 13.9. The second kappa shape index (κ2) is 5.86. The zero-order valence-electron chi connectivity index (χ0n) is 11.2. The smallest absolute Gasteiger partial charge is 0.120 e. The molecule has 0 heterocycles. The highest BCUT2D eigenvalue weighted by atomic mass is 35.5. The number of hydrogen-bond donors (Lipinski definition) is 1. The van der Waals surface area contributed by atoms with Crippen LogP contribution in [0.15, 0.2) is 42.5 Å². The molecule has 20 heavy (non-hydrogen) atoms. The van der Waals surface area contributed by atoms with Crippen molar-refractivity contribution in [3.05, 3.63) is 64.2 Å². The van der Waals surface area contributed by atoms with Crippen LogP contribution in [0.25, 0.3) is 0 Å². The number of ether oxygens (including phenoxy) is 1. The maximum atomic E-state index is 10.0. The van der Waals surface area contributed by atoms with Crippen molar-refractivity contribution in [3.63, 3.8) is 0 Å². The molecule has 104 valence electrons. The van der Waals surface area contributed by atoms with Crippen LogP contribution in [-0.2, 0) is 13.0 Å². The minimum Gasteiger partial charge on any atom is -0.489 e. The third-order valence-corrected chi connectivity index (χ3v) is 3.93. The number of benzene rings is 2. The van der Waals surface area contributed by atoms with Gasteiger partial charge in [-0.15, -0.1) is 0 Å². The number of aliphatic hydroxyl groups is 1. The Hall–Kier alpha value is -1.51. The van der Waals surface area contributed by atoms with Gasteiger partial charge in [-0.2, -0.15) is 0 Å². The average Bonchev–Trinajstić information content (AvgIpc) is 2.46. The third-order valence-electron chi connectivity index (χ3n) is 3.69. The molecule has 0 aromatic heterocycles. The molecule has 1 aliphatic rings. The van der Waals surface area contributed by atoms with Crippen LogP contribution in [0.3, 0.4) is 0 Å². The highest BCUT2D eigenvalue weighted by Crippen LogP contribution is 2.32. The Balaban J connectivity index is 1.73. The maximum Gasteiger partial charge on any atom is 0.120 e. The van der Waals surface area contributed by atoms with E-state index in [2.05, 4.69) is 6.07 Å². The minimum atomic E-state index is -0.353.